The predicted octanol–water partition coefficient (Wildman–Crippen LogP) is 4.12. The quantitative estimate of drug-likeness (QED) is 0.419. The van der Waals surface area contributed by atoms with Gasteiger partial charge in [-0.15, -0.1) is 0 Å². The first-order chi connectivity index (χ1) is 10.0. The third-order valence-corrected chi connectivity index (χ3v) is 5.16. The van der Waals surface area contributed by atoms with Crippen LogP contribution in [0, 0.1) is 5.92 Å². The van der Waals surface area contributed by atoms with Crippen molar-refractivity contribution >= 4 is 27.6 Å². The molecule has 0 aliphatic rings. The number of esters is 1. The molecule has 0 heterocycles. The SMILES string of the molecule is CC(C)NCCSSc1ccccc1COC(=O)C(C)C. The summed E-state index contributed by atoms with van der Waals surface area (Å²) in [6, 6.07) is 8.62. The Morgan fingerprint density at radius 2 is 1.95 bits per heavy atom. The minimum Gasteiger partial charge on any atom is -0.461 e. The molecule has 5 heteroatoms. The lowest BCUT2D eigenvalue weighted by atomic mass is 10.2. The first-order valence-corrected chi connectivity index (χ1v) is 9.60. The van der Waals surface area contributed by atoms with Gasteiger partial charge in [0.25, 0.3) is 0 Å². The van der Waals surface area contributed by atoms with Gasteiger partial charge in [-0.2, -0.15) is 0 Å². The Hall–Kier alpha value is -0.650. The Morgan fingerprint density at radius 1 is 1.24 bits per heavy atom. The molecule has 0 unspecified atom stereocenters. The Labute approximate surface area is 136 Å². The topological polar surface area (TPSA) is 38.3 Å². The molecule has 1 aromatic carbocycles. The maximum Gasteiger partial charge on any atom is 0.308 e. The molecule has 1 N–H and O–H groups in total. The molecule has 0 fully saturated rings. The van der Waals surface area contributed by atoms with Crippen molar-refractivity contribution in [2.75, 3.05) is 12.3 Å². The number of carbonyl (C=O) groups is 1. The monoisotopic (exact) mass is 327 g/mol. The highest BCUT2D eigenvalue weighted by Gasteiger charge is 2.10. The highest BCUT2D eigenvalue weighted by atomic mass is 33.1. The van der Waals surface area contributed by atoms with E-state index in [4.69, 9.17) is 4.74 Å². The van der Waals surface area contributed by atoms with Crippen LogP contribution in [-0.4, -0.2) is 24.3 Å². The van der Waals surface area contributed by atoms with E-state index in [2.05, 4.69) is 25.2 Å². The van der Waals surface area contributed by atoms with Crippen LogP contribution in [-0.2, 0) is 16.1 Å². The zero-order valence-corrected chi connectivity index (χ0v) is 14.9. The van der Waals surface area contributed by atoms with Crippen molar-refractivity contribution in [3.63, 3.8) is 0 Å². The van der Waals surface area contributed by atoms with Crippen LogP contribution in [0.4, 0.5) is 0 Å². The number of benzene rings is 1. The van der Waals surface area contributed by atoms with Gasteiger partial charge in [0.15, 0.2) is 0 Å². The average Bonchev–Trinajstić information content (AvgIpc) is 2.45. The Balaban J connectivity index is 2.42. The molecule has 3 nitrogen and oxygen atoms in total. The molecular weight excluding hydrogens is 302 g/mol. The third-order valence-electron chi connectivity index (χ3n) is 2.70. The van der Waals surface area contributed by atoms with Crippen molar-refractivity contribution in [3.05, 3.63) is 29.8 Å². The summed E-state index contributed by atoms with van der Waals surface area (Å²) in [5.74, 6) is 0.813. The molecule has 0 aliphatic carbocycles. The molecule has 1 aromatic rings. The normalized spacial score (nSPS) is 11.1. The summed E-state index contributed by atoms with van der Waals surface area (Å²) in [5, 5.41) is 3.40. The van der Waals surface area contributed by atoms with Gasteiger partial charge in [0.1, 0.15) is 6.61 Å². The van der Waals surface area contributed by atoms with Crippen molar-refractivity contribution in [1.29, 1.82) is 0 Å². The van der Waals surface area contributed by atoms with Gasteiger partial charge in [-0.1, -0.05) is 67.5 Å². The zero-order chi connectivity index (χ0) is 15.7. The van der Waals surface area contributed by atoms with E-state index in [0.29, 0.717) is 12.6 Å². The third kappa shape index (κ3) is 7.79. The predicted molar refractivity (Wildman–Crippen MR) is 92.5 cm³/mol. The first kappa shape index (κ1) is 18.4. The van der Waals surface area contributed by atoms with Crippen LogP contribution in [0.1, 0.15) is 33.3 Å². The van der Waals surface area contributed by atoms with Crippen LogP contribution >= 0.6 is 21.6 Å². The van der Waals surface area contributed by atoms with E-state index in [1.54, 1.807) is 10.8 Å². The van der Waals surface area contributed by atoms with E-state index in [-0.39, 0.29) is 11.9 Å². The van der Waals surface area contributed by atoms with Crippen LogP contribution in [0.3, 0.4) is 0 Å². The Kier molecular flexibility index (Phi) is 8.88. The van der Waals surface area contributed by atoms with Gasteiger partial charge >= 0.3 is 5.97 Å². The van der Waals surface area contributed by atoms with Crippen molar-refractivity contribution < 1.29 is 9.53 Å². The number of nitrogens with one attached hydrogen (secondary N) is 1. The van der Waals surface area contributed by atoms with E-state index in [1.807, 2.05) is 42.8 Å². The van der Waals surface area contributed by atoms with Gasteiger partial charge in [-0.3, -0.25) is 4.79 Å². The highest BCUT2D eigenvalue weighted by Crippen LogP contribution is 2.33. The summed E-state index contributed by atoms with van der Waals surface area (Å²) in [6.45, 7) is 9.35. The Bertz CT molecular complexity index is 436. The molecule has 0 aromatic heterocycles. The maximum atomic E-state index is 11.5. The van der Waals surface area contributed by atoms with Crippen LogP contribution in [0.25, 0.3) is 0 Å². The first-order valence-electron chi connectivity index (χ1n) is 7.28. The second kappa shape index (κ2) is 10.1. The number of hydrogen-bond acceptors (Lipinski definition) is 5. The van der Waals surface area contributed by atoms with Crippen LogP contribution < -0.4 is 5.32 Å². The molecule has 21 heavy (non-hydrogen) atoms. The van der Waals surface area contributed by atoms with Crippen molar-refractivity contribution in [3.8, 4) is 0 Å². The summed E-state index contributed by atoms with van der Waals surface area (Å²) in [4.78, 5) is 12.7. The van der Waals surface area contributed by atoms with Crippen LogP contribution in [0.5, 0.6) is 0 Å². The number of rotatable bonds is 9. The molecule has 0 radical (unpaired) electrons. The van der Waals surface area contributed by atoms with Crippen LogP contribution in [0.15, 0.2) is 29.2 Å². The maximum absolute atomic E-state index is 11.5. The summed E-state index contributed by atoms with van der Waals surface area (Å²) in [7, 11) is 3.56. The van der Waals surface area contributed by atoms with E-state index < -0.39 is 0 Å². The summed E-state index contributed by atoms with van der Waals surface area (Å²) >= 11 is 0. The lowest BCUT2D eigenvalue weighted by Gasteiger charge is -2.11. The highest BCUT2D eigenvalue weighted by molar-refractivity contribution is 8.76. The van der Waals surface area contributed by atoms with Crippen molar-refractivity contribution in [2.45, 2.75) is 45.2 Å². The molecular formula is C16H25NO2S2. The minimum atomic E-state index is -0.149. The van der Waals surface area contributed by atoms with Gasteiger partial charge in [0, 0.05) is 28.8 Å². The minimum absolute atomic E-state index is 0.0821. The molecule has 0 atom stereocenters. The van der Waals surface area contributed by atoms with Gasteiger partial charge in [-0.25, -0.2) is 0 Å². The van der Waals surface area contributed by atoms with Gasteiger partial charge < -0.3 is 10.1 Å². The fourth-order valence-corrected chi connectivity index (χ4v) is 3.66. The summed E-state index contributed by atoms with van der Waals surface area (Å²) < 4.78 is 5.32. The van der Waals surface area contributed by atoms with E-state index >= 15 is 0 Å². The van der Waals surface area contributed by atoms with Gasteiger partial charge in [0.2, 0.25) is 0 Å². The molecule has 0 aliphatic heterocycles. The fraction of sp³-hybridized carbons (Fsp3) is 0.562. The standard InChI is InChI=1S/C16H25NO2S2/c1-12(2)16(18)19-11-14-7-5-6-8-15(14)21-20-10-9-17-13(3)4/h5-8,12-13,17H,9-11H2,1-4H3. The van der Waals surface area contributed by atoms with E-state index in [1.165, 1.54) is 4.90 Å². The largest absolute Gasteiger partial charge is 0.461 e. The lowest BCUT2D eigenvalue weighted by Crippen LogP contribution is -2.24. The van der Waals surface area contributed by atoms with Crippen molar-refractivity contribution in [1.82, 2.24) is 5.32 Å². The molecule has 0 saturated heterocycles. The van der Waals surface area contributed by atoms with E-state index in [9.17, 15) is 4.79 Å². The van der Waals surface area contributed by atoms with Crippen molar-refractivity contribution in [2.24, 2.45) is 5.92 Å². The van der Waals surface area contributed by atoms with Crippen LogP contribution in [0.2, 0.25) is 0 Å². The molecule has 0 spiro atoms. The number of hydrogen-bond donors (Lipinski definition) is 1. The van der Waals surface area contributed by atoms with Gasteiger partial charge in [0.05, 0.1) is 5.92 Å². The summed E-state index contributed by atoms with van der Waals surface area (Å²) in [6.07, 6.45) is 0. The number of ether oxygens (including phenoxy) is 1. The molecule has 0 bridgehead atoms. The fourth-order valence-electron chi connectivity index (χ4n) is 1.51. The summed E-state index contributed by atoms with van der Waals surface area (Å²) in [5.41, 5.74) is 1.07. The zero-order valence-electron chi connectivity index (χ0n) is 13.2. The molecule has 118 valence electrons. The number of carbonyl (C=O) groups excluding carboxylic acids is 1. The second-order valence-electron chi connectivity index (χ2n) is 5.38. The lowest BCUT2D eigenvalue weighted by molar-refractivity contribution is -0.148. The molecule has 0 amide bonds. The smallest absolute Gasteiger partial charge is 0.308 e. The average molecular weight is 328 g/mol. The molecule has 0 saturated carbocycles. The molecule has 1 rings (SSSR count). The van der Waals surface area contributed by atoms with Gasteiger partial charge in [-0.05, 0) is 6.07 Å². The second-order valence-corrected chi connectivity index (χ2v) is 7.84. The van der Waals surface area contributed by atoms with E-state index in [0.717, 1.165) is 17.9 Å². The Morgan fingerprint density at radius 3 is 2.62 bits per heavy atom.